The van der Waals surface area contributed by atoms with Gasteiger partial charge in [-0.15, -0.1) is 0 Å². The first-order valence-corrected chi connectivity index (χ1v) is 7.16. The summed E-state index contributed by atoms with van der Waals surface area (Å²) in [5, 5.41) is 7.02. The fraction of sp³-hybridized carbons (Fsp3) is 0.0556. The quantitative estimate of drug-likeness (QED) is 0.752. The lowest BCUT2D eigenvalue weighted by atomic mass is 10.1. The Bertz CT molecular complexity index is 836. The Morgan fingerprint density at radius 1 is 0.957 bits per heavy atom. The molecule has 0 fully saturated rings. The van der Waals surface area contributed by atoms with E-state index < -0.39 is 0 Å². The van der Waals surface area contributed by atoms with Gasteiger partial charge < -0.3 is 5.32 Å². The van der Waals surface area contributed by atoms with Crippen molar-refractivity contribution in [3.8, 4) is 5.69 Å². The van der Waals surface area contributed by atoms with Crippen LogP contribution in [0.15, 0.2) is 67.0 Å². The van der Waals surface area contributed by atoms with Crippen molar-refractivity contribution in [2.45, 2.75) is 6.92 Å². The van der Waals surface area contributed by atoms with Gasteiger partial charge in [-0.25, -0.2) is 4.68 Å². The van der Waals surface area contributed by atoms with Crippen molar-refractivity contribution in [2.75, 3.05) is 5.32 Å². The van der Waals surface area contributed by atoms with Crippen LogP contribution in [0.2, 0.25) is 0 Å². The number of carbonyl (C=O) groups excluding carboxylic acids is 2. The highest BCUT2D eigenvalue weighted by Crippen LogP contribution is 2.13. The Morgan fingerprint density at radius 2 is 1.61 bits per heavy atom. The number of para-hydroxylation sites is 1. The van der Waals surface area contributed by atoms with Crippen LogP contribution in [0.5, 0.6) is 0 Å². The standard InChI is InChI=1S/C18H15N3O2/c1-13(22)14-7-9-15(10-8-14)18(23)20-16-11-19-21(12-16)17-5-3-2-4-6-17/h2-12H,1H3,(H,20,23). The Morgan fingerprint density at radius 3 is 2.26 bits per heavy atom. The molecular weight excluding hydrogens is 290 g/mol. The molecule has 23 heavy (non-hydrogen) atoms. The average molecular weight is 305 g/mol. The third-order valence-corrected chi connectivity index (χ3v) is 3.41. The number of amides is 1. The molecule has 3 aromatic rings. The predicted octanol–water partition coefficient (Wildman–Crippen LogP) is 3.33. The molecular formula is C18H15N3O2. The Balaban J connectivity index is 1.73. The molecule has 0 aliphatic carbocycles. The number of Topliss-reactive ketones (excluding diaryl/α,β-unsaturated/α-hetero) is 1. The van der Waals surface area contributed by atoms with Crippen LogP contribution >= 0.6 is 0 Å². The van der Waals surface area contributed by atoms with E-state index in [-0.39, 0.29) is 11.7 Å². The summed E-state index contributed by atoms with van der Waals surface area (Å²) >= 11 is 0. The molecule has 0 saturated heterocycles. The van der Waals surface area contributed by atoms with Crippen molar-refractivity contribution in [3.05, 3.63) is 78.1 Å². The normalized spacial score (nSPS) is 10.3. The number of nitrogens with one attached hydrogen (secondary N) is 1. The highest BCUT2D eigenvalue weighted by molar-refractivity contribution is 6.05. The summed E-state index contributed by atoms with van der Waals surface area (Å²) in [5.74, 6) is -0.270. The van der Waals surface area contributed by atoms with Gasteiger partial charge in [-0.2, -0.15) is 5.10 Å². The molecule has 0 saturated carbocycles. The second-order valence-electron chi connectivity index (χ2n) is 5.10. The minimum atomic E-state index is -0.243. The molecule has 1 heterocycles. The van der Waals surface area contributed by atoms with Crippen LogP contribution in [0.3, 0.4) is 0 Å². The molecule has 0 unspecified atom stereocenters. The van der Waals surface area contributed by atoms with Gasteiger partial charge in [-0.3, -0.25) is 9.59 Å². The maximum Gasteiger partial charge on any atom is 0.255 e. The lowest BCUT2D eigenvalue weighted by Crippen LogP contribution is -2.11. The lowest BCUT2D eigenvalue weighted by molar-refractivity contribution is 0.101. The number of benzene rings is 2. The predicted molar refractivity (Wildman–Crippen MR) is 88.0 cm³/mol. The SMILES string of the molecule is CC(=O)c1ccc(C(=O)Nc2cnn(-c3ccccc3)c2)cc1. The van der Waals surface area contributed by atoms with Gasteiger partial charge in [-0.1, -0.05) is 30.3 Å². The van der Waals surface area contributed by atoms with Gasteiger partial charge in [0, 0.05) is 11.1 Å². The number of hydrogen-bond donors (Lipinski definition) is 1. The summed E-state index contributed by atoms with van der Waals surface area (Å²) < 4.78 is 1.69. The Kier molecular flexibility index (Phi) is 4.01. The minimum absolute atomic E-state index is 0.0268. The van der Waals surface area contributed by atoms with Crippen molar-refractivity contribution in [3.63, 3.8) is 0 Å². The summed E-state index contributed by atoms with van der Waals surface area (Å²) in [4.78, 5) is 23.5. The van der Waals surface area contributed by atoms with Gasteiger partial charge in [-0.05, 0) is 31.2 Å². The smallest absolute Gasteiger partial charge is 0.255 e. The lowest BCUT2D eigenvalue weighted by Gasteiger charge is -2.03. The van der Waals surface area contributed by atoms with Gasteiger partial charge in [0.1, 0.15) is 0 Å². The van der Waals surface area contributed by atoms with E-state index in [1.807, 2.05) is 30.3 Å². The highest BCUT2D eigenvalue weighted by atomic mass is 16.1. The van der Waals surface area contributed by atoms with Crippen molar-refractivity contribution in [1.29, 1.82) is 0 Å². The van der Waals surface area contributed by atoms with E-state index in [0.29, 0.717) is 16.8 Å². The molecule has 1 aromatic heterocycles. The fourth-order valence-electron chi connectivity index (χ4n) is 2.17. The number of anilines is 1. The molecule has 5 heteroatoms. The molecule has 0 spiro atoms. The van der Waals surface area contributed by atoms with Crippen LogP contribution in [0.4, 0.5) is 5.69 Å². The van der Waals surface area contributed by atoms with E-state index in [2.05, 4.69) is 10.4 Å². The van der Waals surface area contributed by atoms with Gasteiger partial charge in [0.15, 0.2) is 5.78 Å². The molecule has 1 N–H and O–H groups in total. The van der Waals surface area contributed by atoms with E-state index >= 15 is 0 Å². The van der Waals surface area contributed by atoms with Gasteiger partial charge in [0.25, 0.3) is 5.91 Å². The van der Waals surface area contributed by atoms with Crippen LogP contribution in [0, 0.1) is 0 Å². The highest BCUT2D eigenvalue weighted by Gasteiger charge is 2.09. The van der Waals surface area contributed by atoms with E-state index in [1.165, 1.54) is 6.92 Å². The molecule has 0 aliphatic rings. The monoisotopic (exact) mass is 305 g/mol. The molecule has 0 aliphatic heterocycles. The third kappa shape index (κ3) is 3.35. The largest absolute Gasteiger partial charge is 0.319 e. The topological polar surface area (TPSA) is 64.0 Å². The summed E-state index contributed by atoms with van der Waals surface area (Å²) in [6.07, 6.45) is 3.34. The molecule has 0 radical (unpaired) electrons. The van der Waals surface area contributed by atoms with Crippen LogP contribution < -0.4 is 5.32 Å². The summed E-state index contributed by atoms with van der Waals surface area (Å²) in [7, 11) is 0. The number of carbonyl (C=O) groups is 2. The van der Waals surface area contributed by atoms with Crippen LogP contribution in [0.25, 0.3) is 5.69 Å². The van der Waals surface area contributed by atoms with Crippen LogP contribution in [0.1, 0.15) is 27.6 Å². The van der Waals surface area contributed by atoms with E-state index in [4.69, 9.17) is 0 Å². The van der Waals surface area contributed by atoms with E-state index in [1.54, 1.807) is 41.3 Å². The maximum absolute atomic E-state index is 12.2. The molecule has 2 aromatic carbocycles. The first-order chi connectivity index (χ1) is 11.1. The zero-order valence-corrected chi connectivity index (χ0v) is 12.6. The second kappa shape index (κ2) is 6.27. The molecule has 114 valence electrons. The third-order valence-electron chi connectivity index (χ3n) is 3.41. The number of aromatic nitrogens is 2. The zero-order valence-electron chi connectivity index (χ0n) is 12.6. The molecule has 0 atom stereocenters. The first kappa shape index (κ1) is 14.7. The molecule has 3 rings (SSSR count). The Labute approximate surface area is 133 Å². The minimum Gasteiger partial charge on any atom is -0.319 e. The van der Waals surface area contributed by atoms with Crippen molar-refractivity contribution < 1.29 is 9.59 Å². The summed E-state index contributed by atoms with van der Waals surface area (Å²) in [6, 6.07) is 16.2. The van der Waals surface area contributed by atoms with Crippen LogP contribution in [-0.4, -0.2) is 21.5 Å². The number of hydrogen-bond acceptors (Lipinski definition) is 3. The number of rotatable bonds is 4. The van der Waals surface area contributed by atoms with E-state index in [0.717, 1.165) is 5.69 Å². The maximum atomic E-state index is 12.2. The molecule has 5 nitrogen and oxygen atoms in total. The molecule has 0 bridgehead atoms. The number of nitrogens with zero attached hydrogens (tertiary/aromatic N) is 2. The second-order valence-corrected chi connectivity index (χ2v) is 5.10. The summed E-state index contributed by atoms with van der Waals surface area (Å²) in [6.45, 7) is 1.49. The van der Waals surface area contributed by atoms with Crippen molar-refractivity contribution in [2.24, 2.45) is 0 Å². The zero-order chi connectivity index (χ0) is 16.2. The number of ketones is 1. The average Bonchev–Trinajstić information content (AvgIpc) is 3.04. The van der Waals surface area contributed by atoms with Crippen LogP contribution in [-0.2, 0) is 0 Å². The van der Waals surface area contributed by atoms with E-state index in [9.17, 15) is 9.59 Å². The fourth-order valence-corrected chi connectivity index (χ4v) is 2.17. The van der Waals surface area contributed by atoms with Gasteiger partial charge >= 0.3 is 0 Å². The van der Waals surface area contributed by atoms with Gasteiger partial charge in [0.2, 0.25) is 0 Å². The Hall–Kier alpha value is -3.21. The molecule has 1 amide bonds. The van der Waals surface area contributed by atoms with Crippen molar-refractivity contribution in [1.82, 2.24) is 9.78 Å². The summed E-state index contributed by atoms with van der Waals surface area (Å²) in [5.41, 5.74) is 2.59. The van der Waals surface area contributed by atoms with Crippen molar-refractivity contribution >= 4 is 17.4 Å². The van der Waals surface area contributed by atoms with Gasteiger partial charge in [0.05, 0.1) is 23.8 Å². The first-order valence-electron chi connectivity index (χ1n) is 7.16.